The Hall–Kier alpha value is -1.56. The molecular formula is C14H20N2O3S. The molecule has 1 fully saturated rings. The molecular weight excluding hydrogens is 276 g/mol. The quantitative estimate of drug-likeness (QED) is 0.870. The summed E-state index contributed by atoms with van der Waals surface area (Å²) >= 11 is 0. The van der Waals surface area contributed by atoms with Gasteiger partial charge in [-0.05, 0) is 25.0 Å². The van der Waals surface area contributed by atoms with Gasteiger partial charge in [0.15, 0.2) is 0 Å². The topological polar surface area (TPSA) is 80.5 Å². The van der Waals surface area contributed by atoms with Crippen LogP contribution in [0.4, 0.5) is 4.79 Å². The predicted molar refractivity (Wildman–Crippen MR) is 76.5 cm³/mol. The van der Waals surface area contributed by atoms with E-state index in [2.05, 4.69) is 0 Å². The molecule has 1 aliphatic rings. The maximum Gasteiger partial charge on any atom is 0.328 e. The molecule has 2 rings (SSSR count). The van der Waals surface area contributed by atoms with Crippen LogP contribution in [0.2, 0.25) is 0 Å². The number of hydrogen-bond donors (Lipinski definition) is 1. The van der Waals surface area contributed by atoms with Crippen molar-refractivity contribution in [2.75, 3.05) is 0 Å². The second-order valence-electron chi connectivity index (χ2n) is 5.10. The third kappa shape index (κ3) is 3.12. The van der Waals surface area contributed by atoms with Crippen LogP contribution in [0.1, 0.15) is 38.5 Å². The zero-order valence-corrected chi connectivity index (χ0v) is 12.2. The SMILES string of the molecule is NC(=O)N(C1CCCCCC1)S(=O)(=O)c1ccccc1. The number of nitrogens with zero attached hydrogens (tertiary/aromatic N) is 1. The van der Waals surface area contributed by atoms with Gasteiger partial charge in [0.25, 0.3) is 10.0 Å². The second kappa shape index (κ2) is 6.26. The van der Waals surface area contributed by atoms with Gasteiger partial charge in [0, 0.05) is 0 Å². The Labute approximate surface area is 119 Å². The van der Waals surface area contributed by atoms with Gasteiger partial charge in [-0.1, -0.05) is 43.9 Å². The molecule has 1 saturated carbocycles. The number of primary amides is 1. The fourth-order valence-corrected chi connectivity index (χ4v) is 4.26. The fraction of sp³-hybridized carbons (Fsp3) is 0.500. The van der Waals surface area contributed by atoms with E-state index in [1.54, 1.807) is 18.2 Å². The lowest BCUT2D eigenvalue weighted by atomic mass is 10.1. The molecule has 2 N–H and O–H groups in total. The molecule has 110 valence electrons. The number of amides is 2. The van der Waals surface area contributed by atoms with Gasteiger partial charge in [-0.25, -0.2) is 17.5 Å². The Morgan fingerprint density at radius 2 is 1.60 bits per heavy atom. The van der Waals surface area contributed by atoms with Gasteiger partial charge < -0.3 is 5.73 Å². The average molecular weight is 296 g/mol. The van der Waals surface area contributed by atoms with Gasteiger partial charge in [0.1, 0.15) is 0 Å². The minimum Gasteiger partial charge on any atom is -0.351 e. The maximum absolute atomic E-state index is 12.6. The summed E-state index contributed by atoms with van der Waals surface area (Å²) in [5.74, 6) is 0. The van der Waals surface area contributed by atoms with Crippen molar-refractivity contribution in [2.45, 2.75) is 49.5 Å². The van der Waals surface area contributed by atoms with Crippen LogP contribution >= 0.6 is 0 Å². The number of hydrogen-bond acceptors (Lipinski definition) is 3. The highest BCUT2D eigenvalue weighted by Gasteiger charge is 2.34. The standard InChI is InChI=1S/C14H20N2O3S/c15-14(17)16(12-8-4-1-2-5-9-12)20(18,19)13-10-6-3-7-11-13/h3,6-7,10-12H,1-2,4-5,8-9H2,(H2,15,17). The highest BCUT2D eigenvalue weighted by molar-refractivity contribution is 7.89. The van der Waals surface area contributed by atoms with E-state index in [9.17, 15) is 13.2 Å². The molecule has 20 heavy (non-hydrogen) atoms. The molecule has 1 aromatic rings. The van der Waals surface area contributed by atoms with E-state index in [-0.39, 0.29) is 10.9 Å². The van der Waals surface area contributed by atoms with Crippen LogP contribution in [0, 0.1) is 0 Å². The second-order valence-corrected chi connectivity index (χ2v) is 6.91. The summed E-state index contributed by atoms with van der Waals surface area (Å²) in [7, 11) is -3.86. The van der Waals surface area contributed by atoms with Crippen LogP contribution in [0.25, 0.3) is 0 Å². The van der Waals surface area contributed by atoms with Crippen LogP contribution in [0.3, 0.4) is 0 Å². The summed E-state index contributed by atoms with van der Waals surface area (Å²) in [6.45, 7) is 0. The lowest BCUT2D eigenvalue weighted by Gasteiger charge is -2.28. The number of benzene rings is 1. The van der Waals surface area contributed by atoms with Crippen molar-refractivity contribution in [3.05, 3.63) is 30.3 Å². The first-order valence-electron chi connectivity index (χ1n) is 6.92. The number of carbonyl (C=O) groups excluding carboxylic acids is 1. The van der Waals surface area contributed by atoms with Crippen LogP contribution in [-0.2, 0) is 10.0 Å². The Balaban J connectivity index is 2.35. The highest BCUT2D eigenvalue weighted by Crippen LogP contribution is 2.26. The molecule has 0 unspecified atom stereocenters. The van der Waals surface area contributed by atoms with E-state index in [0.717, 1.165) is 30.0 Å². The van der Waals surface area contributed by atoms with Crippen molar-refractivity contribution in [1.29, 1.82) is 0 Å². The summed E-state index contributed by atoms with van der Waals surface area (Å²) in [5.41, 5.74) is 5.35. The van der Waals surface area contributed by atoms with E-state index < -0.39 is 16.1 Å². The normalized spacial score (nSPS) is 17.4. The molecule has 0 spiro atoms. The number of rotatable bonds is 3. The molecule has 0 aromatic heterocycles. The lowest BCUT2D eigenvalue weighted by Crippen LogP contribution is -2.47. The first-order valence-corrected chi connectivity index (χ1v) is 8.36. The largest absolute Gasteiger partial charge is 0.351 e. The number of urea groups is 1. The molecule has 0 heterocycles. The van der Waals surface area contributed by atoms with Gasteiger partial charge in [-0.15, -0.1) is 0 Å². The number of carbonyl (C=O) groups is 1. The summed E-state index contributed by atoms with van der Waals surface area (Å²) < 4.78 is 26.1. The van der Waals surface area contributed by atoms with E-state index in [1.165, 1.54) is 12.1 Å². The van der Waals surface area contributed by atoms with Gasteiger partial charge in [0.05, 0.1) is 10.9 Å². The van der Waals surface area contributed by atoms with Gasteiger partial charge >= 0.3 is 6.03 Å². The monoisotopic (exact) mass is 296 g/mol. The van der Waals surface area contributed by atoms with Crippen molar-refractivity contribution in [3.63, 3.8) is 0 Å². The maximum atomic E-state index is 12.6. The van der Waals surface area contributed by atoms with Crippen LogP contribution in [0.5, 0.6) is 0 Å². The minimum atomic E-state index is -3.86. The molecule has 0 radical (unpaired) electrons. The third-order valence-electron chi connectivity index (χ3n) is 3.67. The zero-order chi connectivity index (χ0) is 14.6. The first kappa shape index (κ1) is 14.8. The lowest BCUT2D eigenvalue weighted by molar-refractivity contribution is 0.216. The Morgan fingerprint density at radius 1 is 1.05 bits per heavy atom. The Morgan fingerprint density at radius 3 is 2.10 bits per heavy atom. The zero-order valence-electron chi connectivity index (χ0n) is 11.4. The van der Waals surface area contributed by atoms with Gasteiger partial charge in [-0.3, -0.25) is 0 Å². The van der Waals surface area contributed by atoms with Gasteiger partial charge in [0.2, 0.25) is 0 Å². The van der Waals surface area contributed by atoms with Crippen LogP contribution < -0.4 is 5.73 Å². The van der Waals surface area contributed by atoms with E-state index in [0.29, 0.717) is 12.8 Å². The van der Waals surface area contributed by atoms with Crippen LogP contribution in [-0.4, -0.2) is 24.8 Å². The molecule has 5 nitrogen and oxygen atoms in total. The molecule has 1 aromatic carbocycles. The smallest absolute Gasteiger partial charge is 0.328 e. The average Bonchev–Trinajstić information content (AvgIpc) is 2.68. The molecule has 0 saturated heterocycles. The van der Waals surface area contributed by atoms with Crippen LogP contribution in [0.15, 0.2) is 35.2 Å². The van der Waals surface area contributed by atoms with Crippen molar-refractivity contribution in [2.24, 2.45) is 5.73 Å². The van der Waals surface area contributed by atoms with Crippen molar-refractivity contribution in [1.82, 2.24) is 4.31 Å². The van der Waals surface area contributed by atoms with Crippen molar-refractivity contribution >= 4 is 16.1 Å². The van der Waals surface area contributed by atoms with Gasteiger partial charge in [-0.2, -0.15) is 0 Å². The fourth-order valence-electron chi connectivity index (χ4n) is 2.69. The summed E-state index contributed by atoms with van der Waals surface area (Å²) in [6, 6.07) is 6.78. The van der Waals surface area contributed by atoms with E-state index >= 15 is 0 Å². The van der Waals surface area contributed by atoms with E-state index in [4.69, 9.17) is 5.73 Å². The number of nitrogens with two attached hydrogens (primary N) is 1. The summed E-state index contributed by atoms with van der Waals surface area (Å²) in [6.07, 6.45) is 5.39. The van der Waals surface area contributed by atoms with E-state index in [1.807, 2.05) is 0 Å². The summed E-state index contributed by atoms with van der Waals surface area (Å²) in [4.78, 5) is 11.8. The summed E-state index contributed by atoms with van der Waals surface area (Å²) in [5, 5.41) is 0. The van der Waals surface area contributed by atoms with Crippen molar-refractivity contribution < 1.29 is 13.2 Å². The molecule has 0 atom stereocenters. The van der Waals surface area contributed by atoms with Crippen molar-refractivity contribution in [3.8, 4) is 0 Å². The molecule has 0 aliphatic heterocycles. The number of sulfonamides is 1. The Kier molecular flexibility index (Phi) is 4.65. The highest BCUT2D eigenvalue weighted by atomic mass is 32.2. The minimum absolute atomic E-state index is 0.114. The first-order chi connectivity index (χ1) is 9.53. The predicted octanol–water partition coefficient (Wildman–Crippen LogP) is 2.48. The molecule has 0 bridgehead atoms. The molecule has 2 amide bonds. The Bertz CT molecular complexity index is 549. The third-order valence-corrected chi connectivity index (χ3v) is 5.54. The molecule has 6 heteroatoms. The molecule has 1 aliphatic carbocycles.